The first-order valence-corrected chi connectivity index (χ1v) is 6.77. The van der Waals surface area contributed by atoms with E-state index in [1.165, 1.54) is 39.0 Å². The van der Waals surface area contributed by atoms with E-state index in [2.05, 4.69) is 13.8 Å². The fraction of sp³-hybridized carbons (Fsp3) is 0.929. The second-order valence-electron chi connectivity index (χ2n) is 3.79. The number of aliphatic hydroxyl groups is 2. The van der Waals surface area contributed by atoms with Crippen molar-refractivity contribution in [3.05, 3.63) is 0 Å². The summed E-state index contributed by atoms with van der Waals surface area (Å²) in [6.07, 6.45) is 9.53. The molecule has 0 bridgehead atoms. The second-order valence-corrected chi connectivity index (χ2v) is 3.79. The monoisotopic (exact) mass is 245 g/mol. The van der Waals surface area contributed by atoms with Crippen LogP contribution in [0.4, 0.5) is 0 Å². The summed E-state index contributed by atoms with van der Waals surface area (Å²) in [6, 6.07) is 1.75. The SMILES string of the molecule is CC#N.CCCCCCCCO.CCCCO. The molecule has 3 nitrogen and oxygen atoms in total. The van der Waals surface area contributed by atoms with Gasteiger partial charge in [0.25, 0.3) is 0 Å². The molecule has 0 aromatic rings. The first-order valence-electron chi connectivity index (χ1n) is 6.77. The van der Waals surface area contributed by atoms with Gasteiger partial charge in [-0.3, -0.25) is 0 Å². The molecule has 3 heteroatoms. The van der Waals surface area contributed by atoms with E-state index in [1.807, 2.05) is 0 Å². The molecule has 0 radical (unpaired) electrons. The van der Waals surface area contributed by atoms with Crippen molar-refractivity contribution in [2.45, 2.75) is 72.1 Å². The van der Waals surface area contributed by atoms with Gasteiger partial charge in [-0.15, -0.1) is 0 Å². The van der Waals surface area contributed by atoms with Crippen LogP contribution in [-0.4, -0.2) is 23.4 Å². The molecule has 0 aliphatic carbocycles. The van der Waals surface area contributed by atoms with E-state index in [9.17, 15) is 0 Å². The molecular weight excluding hydrogens is 214 g/mol. The van der Waals surface area contributed by atoms with Gasteiger partial charge < -0.3 is 10.2 Å². The predicted molar refractivity (Wildman–Crippen MR) is 73.7 cm³/mol. The zero-order valence-electron chi connectivity index (χ0n) is 11.9. The molecule has 0 aliphatic rings. The molecule has 0 rings (SSSR count). The van der Waals surface area contributed by atoms with Crippen molar-refractivity contribution in [1.29, 1.82) is 5.26 Å². The summed E-state index contributed by atoms with van der Waals surface area (Å²) in [7, 11) is 0. The minimum Gasteiger partial charge on any atom is -0.396 e. The standard InChI is InChI=1S/C8H18O.C4H10O.C2H3N/c1-2-3-4-5-6-7-8-9;1-2-3-4-5;1-2-3/h9H,2-8H2,1H3;5H,2-4H2,1H3;1H3. The molecule has 0 aromatic carbocycles. The number of rotatable bonds is 8. The highest BCUT2D eigenvalue weighted by molar-refractivity contribution is 4.51. The number of aliphatic hydroxyl groups excluding tert-OH is 2. The molecule has 17 heavy (non-hydrogen) atoms. The van der Waals surface area contributed by atoms with E-state index in [-0.39, 0.29) is 0 Å². The molecule has 104 valence electrons. The Morgan fingerprint density at radius 1 is 0.765 bits per heavy atom. The lowest BCUT2D eigenvalue weighted by atomic mass is 10.1. The van der Waals surface area contributed by atoms with Gasteiger partial charge in [0.15, 0.2) is 0 Å². The first-order chi connectivity index (χ1) is 8.24. The van der Waals surface area contributed by atoms with Crippen LogP contribution in [0.5, 0.6) is 0 Å². The molecular formula is C14H31NO2. The zero-order valence-corrected chi connectivity index (χ0v) is 11.9. The van der Waals surface area contributed by atoms with Crippen LogP contribution in [0.25, 0.3) is 0 Å². The van der Waals surface area contributed by atoms with Crippen molar-refractivity contribution in [3.63, 3.8) is 0 Å². The molecule has 0 spiro atoms. The van der Waals surface area contributed by atoms with E-state index in [0.717, 1.165) is 19.3 Å². The topological polar surface area (TPSA) is 64.2 Å². The lowest BCUT2D eigenvalue weighted by molar-refractivity contribution is 0.282. The Bertz CT molecular complexity index is 125. The average Bonchev–Trinajstić information content (AvgIpc) is 2.32. The Kier molecular flexibility index (Phi) is 37.6. The van der Waals surface area contributed by atoms with Crippen molar-refractivity contribution in [2.75, 3.05) is 13.2 Å². The van der Waals surface area contributed by atoms with E-state index < -0.39 is 0 Å². The molecule has 0 atom stereocenters. The van der Waals surface area contributed by atoms with Gasteiger partial charge in [-0.25, -0.2) is 0 Å². The number of nitriles is 1. The van der Waals surface area contributed by atoms with Gasteiger partial charge in [0.05, 0.1) is 6.07 Å². The number of hydrogen-bond donors (Lipinski definition) is 2. The molecule has 0 saturated carbocycles. The van der Waals surface area contributed by atoms with Gasteiger partial charge in [-0.1, -0.05) is 52.4 Å². The van der Waals surface area contributed by atoms with E-state index in [4.69, 9.17) is 15.5 Å². The van der Waals surface area contributed by atoms with Crippen LogP contribution in [0.3, 0.4) is 0 Å². The largest absolute Gasteiger partial charge is 0.396 e. The maximum atomic E-state index is 8.42. The summed E-state index contributed by atoms with van der Waals surface area (Å²) < 4.78 is 0. The van der Waals surface area contributed by atoms with E-state index >= 15 is 0 Å². The highest BCUT2D eigenvalue weighted by Gasteiger charge is 1.86. The summed E-state index contributed by atoms with van der Waals surface area (Å²) in [4.78, 5) is 0. The van der Waals surface area contributed by atoms with Gasteiger partial charge >= 0.3 is 0 Å². The quantitative estimate of drug-likeness (QED) is 0.642. The Morgan fingerprint density at radius 2 is 1.12 bits per heavy atom. The van der Waals surface area contributed by atoms with Crippen LogP contribution in [-0.2, 0) is 0 Å². The molecule has 0 aliphatic heterocycles. The Hall–Kier alpha value is -0.590. The molecule has 0 unspecified atom stereocenters. The van der Waals surface area contributed by atoms with Crippen LogP contribution in [0.15, 0.2) is 0 Å². The summed E-state index contributed by atoms with van der Waals surface area (Å²) in [5.74, 6) is 0. The predicted octanol–water partition coefficient (Wildman–Crippen LogP) is 3.65. The second kappa shape index (κ2) is 29.5. The number of hydrogen-bond acceptors (Lipinski definition) is 3. The van der Waals surface area contributed by atoms with E-state index in [1.54, 1.807) is 6.07 Å². The third-order valence-electron chi connectivity index (χ3n) is 2.02. The summed E-state index contributed by atoms with van der Waals surface area (Å²) in [5, 5.41) is 23.8. The molecule has 0 fully saturated rings. The fourth-order valence-corrected chi connectivity index (χ4v) is 1.05. The Labute approximate surface area is 107 Å². The number of nitrogens with zero attached hydrogens (tertiary/aromatic N) is 1. The molecule has 0 saturated heterocycles. The van der Waals surface area contributed by atoms with Crippen LogP contribution >= 0.6 is 0 Å². The first kappa shape index (κ1) is 21.7. The zero-order chi connectivity index (χ0) is 13.8. The highest BCUT2D eigenvalue weighted by Crippen LogP contribution is 2.03. The van der Waals surface area contributed by atoms with Crippen molar-refractivity contribution in [1.82, 2.24) is 0 Å². The van der Waals surface area contributed by atoms with Crippen molar-refractivity contribution in [3.8, 4) is 6.07 Å². The number of unbranched alkanes of at least 4 members (excludes halogenated alkanes) is 6. The van der Waals surface area contributed by atoms with Gasteiger partial charge in [-0.2, -0.15) is 5.26 Å². The molecule has 0 heterocycles. The maximum absolute atomic E-state index is 8.42. The lowest BCUT2D eigenvalue weighted by Gasteiger charge is -1.95. The normalized spacial score (nSPS) is 8.24. The minimum absolute atomic E-state index is 0.344. The van der Waals surface area contributed by atoms with E-state index in [0.29, 0.717) is 13.2 Å². The fourth-order valence-electron chi connectivity index (χ4n) is 1.05. The molecule has 0 aromatic heterocycles. The summed E-state index contributed by atoms with van der Waals surface area (Å²) in [6.45, 7) is 6.41. The minimum atomic E-state index is 0.344. The highest BCUT2D eigenvalue weighted by atomic mass is 16.3. The third kappa shape index (κ3) is 50.5. The van der Waals surface area contributed by atoms with Gasteiger partial charge in [0, 0.05) is 20.1 Å². The smallest absolute Gasteiger partial charge is 0.0587 e. The Morgan fingerprint density at radius 3 is 1.41 bits per heavy atom. The third-order valence-corrected chi connectivity index (χ3v) is 2.02. The molecule has 2 N–H and O–H groups in total. The van der Waals surface area contributed by atoms with Crippen LogP contribution in [0.2, 0.25) is 0 Å². The van der Waals surface area contributed by atoms with Crippen molar-refractivity contribution < 1.29 is 10.2 Å². The van der Waals surface area contributed by atoms with Gasteiger partial charge in [0.1, 0.15) is 0 Å². The summed E-state index contributed by atoms with van der Waals surface area (Å²) in [5.41, 5.74) is 0. The average molecular weight is 245 g/mol. The van der Waals surface area contributed by atoms with Crippen molar-refractivity contribution >= 4 is 0 Å². The lowest BCUT2D eigenvalue weighted by Crippen LogP contribution is -1.82. The summed E-state index contributed by atoms with van der Waals surface area (Å²) >= 11 is 0. The van der Waals surface area contributed by atoms with Crippen molar-refractivity contribution in [2.24, 2.45) is 0 Å². The maximum Gasteiger partial charge on any atom is 0.0587 e. The van der Waals surface area contributed by atoms with Gasteiger partial charge in [-0.05, 0) is 12.8 Å². The van der Waals surface area contributed by atoms with Gasteiger partial charge in [0.2, 0.25) is 0 Å². The van der Waals surface area contributed by atoms with Crippen LogP contribution in [0.1, 0.15) is 72.1 Å². The van der Waals surface area contributed by atoms with Crippen LogP contribution in [0, 0.1) is 11.3 Å². The Balaban J connectivity index is -0.000000207. The molecule has 0 amide bonds. The van der Waals surface area contributed by atoms with Crippen LogP contribution < -0.4 is 0 Å².